The molecule has 0 bridgehead atoms. The minimum Gasteiger partial charge on any atom is -0.480 e. The molecule has 1 aromatic carbocycles. The first kappa shape index (κ1) is 24.0. The van der Waals surface area contributed by atoms with Crippen LogP contribution >= 0.6 is 0 Å². The van der Waals surface area contributed by atoms with Crippen molar-refractivity contribution in [3.8, 4) is 23.0 Å². The molecule has 0 saturated heterocycles. The van der Waals surface area contributed by atoms with Gasteiger partial charge in [-0.25, -0.2) is 33.7 Å². The van der Waals surface area contributed by atoms with Crippen molar-refractivity contribution in [2.24, 2.45) is 0 Å². The highest BCUT2D eigenvalue weighted by molar-refractivity contribution is 5.77. The molecule has 1 aliphatic rings. The Morgan fingerprint density at radius 2 is 1.89 bits per heavy atom. The van der Waals surface area contributed by atoms with Gasteiger partial charge in [0.05, 0.1) is 42.3 Å². The lowest BCUT2D eigenvalue weighted by molar-refractivity contribution is 0.364. The van der Waals surface area contributed by atoms with Crippen molar-refractivity contribution >= 4 is 16.9 Å². The molecule has 1 fully saturated rings. The lowest BCUT2D eigenvalue weighted by atomic mass is 10.1. The minimum atomic E-state index is -1.14. The number of ether oxygens (including phenoxy) is 1. The van der Waals surface area contributed by atoms with E-state index >= 15 is 0 Å². The second-order valence-corrected chi connectivity index (χ2v) is 9.71. The van der Waals surface area contributed by atoms with Crippen LogP contribution in [-0.2, 0) is 6.54 Å². The van der Waals surface area contributed by atoms with Crippen molar-refractivity contribution in [2.45, 2.75) is 38.4 Å². The molecular formula is C27H28FN9O. The molecule has 4 aromatic heterocycles. The summed E-state index contributed by atoms with van der Waals surface area (Å²) in [5.74, 6) is 2.20. The highest BCUT2D eigenvalue weighted by Crippen LogP contribution is 2.44. The van der Waals surface area contributed by atoms with Gasteiger partial charge in [0.2, 0.25) is 5.88 Å². The molecule has 1 atom stereocenters. The summed E-state index contributed by atoms with van der Waals surface area (Å²) >= 11 is 0. The molecule has 1 saturated carbocycles. The molecule has 4 heterocycles. The lowest BCUT2D eigenvalue weighted by Crippen LogP contribution is -2.14. The van der Waals surface area contributed by atoms with Gasteiger partial charge in [-0.15, -0.1) is 0 Å². The molecule has 0 aliphatic heterocycles. The molecule has 0 spiro atoms. The van der Waals surface area contributed by atoms with Crippen LogP contribution in [0.25, 0.3) is 28.1 Å². The largest absolute Gasteiger partial charge is 0.480 e. The van der Waals surface area contributed by atoms with Crippen molar-refractivity contribution in [2.75, 3.05) is 26.1 Å². The zero-order valence-corrected chi connectivity index (χ0v) is 21.7. The summed E-state index contributed by atoms with van der Waals surface area (Å²) in [6.07, 6.45) is 6.11. The topological polar surface area (TPSA) is 99.7 Å². The van der Waals surface area contributed by atoms with Gasteiger partial charge in [0, 0.05) is 32.3 Å². The van der Waals surface area contributed by atoms with Gasteiger partial charge in [-0.3, -0.25) is 0 Å². The number of benzene rings is 1. The fourth-order valence-corrected chi connectivity index (χ4v) is 4.52. The van der Waals surface area contributed by atoms with Gasteiger partial charge in [-0.2, -0.15) is 10.2 Å². The van der Waals surface area contributed by atoms with E-state index < -0.39 is 6.17 Å². The number of halogens is 1. The Hall–Kier alpha value is -4.41. The fourth-order valence-electron chi connectivity index (χ4n) is 4.52. The standard InChI is InChI=1S/C27H28FN9O/c1-16(28)21-11-22(35(2)3)37(34-21)20-9-5-17(6-10-20)14-36-26-19(13-32-36)12-29-25(33-26)23-24(18-7-8-18)30-15-31-27(23)38-4/h5-6,9-13,15-16,18H,7-8,14H2,1-4H3. The van der Waals surface area contributed by atoms with Crippen LogP contribution in [0.15, 0.2) is 49.1 Å². The highest BCUT2D eigenvalue weighted by atomic mass is 19.1. The molecule has 194 valence electrons. The molecular weight excluding hydrogens is 485 g/mol. The predicted molar refractivity (Wildman–Crippen MR) is 141 cm³/mol. The van der Waals surface area contributed by atoms with E-state index in [1.807, 2.05) is 47.9 Å². The Morgan fingerprint density at radius 1 is 1.11 bits per heavy atom. The molecule has 6 rings (SSSR count). The maximum atomic E-state index is 13.9. The summed E-state index contributed by atoms with van der Waals surface area (Å²) in [4.78, 5) is 20.2. The van der Waals surface area contributed by atoms with E-state index in [9.17, 15) is 4.39 Å². The molecule has 0 N–H and O–H groups in total. The SMILES string of the molecule is COc1ncnc(C2CC2)c1-c1ncc2cnn(Cc3ccc(-n4nc(C(C)F)cc4N(C)C)cc3)c2n1. The molecule has 11 heteroatoms. The van der Waals surface area contributed by atoms with Crippen molar-refractivity contribution in [1.82, 2.24) is 39.5 Å². The van der Waals surface area contributed by atoms with Crippen molar-refractivity contribution in [1.29, 1.82) is 0 Å². The number of aromatic nitrogens is 8. The second-order valence-electron chi connectivity index (χ2n) is 9.71. The Bertz CT molecular complexity index is 1600. The van der Waals surface area contributed by atoms with Gasteiger partial charge in [-0.1, -0.05) is 12.1 Å². The van der Waals surface area contributed by atoms with Gasteiger partial charge >= 0.3 is 0 Å². The zero-order valence-electron chi connectivity index (χ0n) is 21.7. The summed E-state index contributed by atoms with van der Waals surface area (Å²) in [6.45, 7) is 2.01. The van der Waals surface area contributed by atoms with E-state index in [1.165, 1.54) is 13.3 Å². The monoisotopic (exact) mass is 513 g/mol. The van der Waals surface area contributed by atoms with Crippen molar-refractivity contribution < 1.29 is 9.13 Å². The molecule has 0 amide bonds. The minimum absolute atomic E-state index is 0.386. The van der Waals surface area contributed by atoms with Crippen molar-refractivity contribution in [3.63, 3.8) is 0 Å². The first-order valence-corrected chi connectivity index (χ1v) is 12.5. The number of rotatable bonds is 8. The van der Waals surface area contributed by atoms with E-state index in [1.54, 1.807) is 30.3 Å². The lowest BCUT2D eigenvalue weighted by Gasteiger charge is -2.15. The van der Waals surface area contributed by atoms with Gasteiger partial charge in [0.25, 0.3) is 0 Å². The number of methoxy groups -OCH3 is 1. The quantitative estimate of drug-likeness (QED) is 0.299. The third kappa shape index (κ3) is 4.33. The third-order valence-electron chi connectivity index (χ3n) is 6.69. The van der Waals surface area contributed by atoms with Gasteiger partial charge in [0.1, 0.15) is 23.9 Å². The van der Waals surface area contributed by atoms with E-state index in [-0.39, 0.29) is 0 Å². The summed E-state index contributed by atoms with van der Waals surface area (Å²) in [5, 5.41) is 9.88. The van der Waals surface area contributed by atoms with E-state index in [4.69, 9.17) is 9.72 Å². The van der Waals surface area contributed by atoms with E-state index in [0.717, 1.165) is 52.2 Å². The number of anilines is 1. The van der Waals surface area contributed by atoms with Crippen LogP contribution in [0.5, 0.6) is 5.88 Å². The number of hydrogen-bond acceptors (Lipinski definition) is 8. The van der Waals surface area contributed by atoms with Gasteiger partial charge in [0.15, 0.2) is 11.5 Å². The molecule has 1 aliphatic carbocycles. The van der Waals surface area contributed by atoms with Crippen LogP contribution < -0.4 is 9.64 Å². The molecule has 5 aromatic rings. The van der Waals surface area contributed by atoms with Crippen LogP contribution in [0.2, 0.25) is 0 Å². The maximum Gasteiger partial charge on any atom is 0.227 e. The smallest absolute Gasteiger partial charge is 0.227 e. The zero-order chi connectivity index (χ0) is 26.4. The molecule has 0 radical (unpaired) electrons. The molecule has 10 nitrogen and oxygen atoms in total. The number of fused-ring (bicyclic) bond motifs is 1. The summed E-state index contributed by atoms with van der Waals surface area (Å²) in [7, 11) is 5.43. The Morgan fingerprint density at radius 3 is 2.58 bits per heavy atom. The summed E-state index contributed by atoms with van der Waals surface area (Å²) < 4.78 is 23.1. The predicted octanol–water partition coefficient (Wildman–Crippen LogP) is 4.50. The normalized spacial score (nSPS) is 14.1. The van der Waals surface area contributed by atoms with Crippen LogP contribution in [0.1, 0.15) is 48.8 Å². The van der Waals surface area contributed by atoms with Gasteiger partial charge in [-0.05, 0) is 37.5 Å². The average molecular weight is 514 g/mol. The second kappa shape index (κ2) is 9.47. The Kier molecular flexibility index (Phi) is 5.97. The fraction of sp³-hybridized carbons (Fsp3) is 0.333. The van der Waals surface area contributed by atoms with Crippen LogP contribution in [0, 0.1) is 0 Å². The highest BCUT2D eigenvalue weighted by Gasteiger charge is 2.31. The van der Waals surface area contributed by atoms with Crippen LogP contribution in [-0.4, -0.2) is 60.7 Å². The molecule has 1 unspecified atom stereocenters. The maximum absolute atomic E-state index is 13.9. The third-order valence-corrected chi connectivity index (χ3v) is 6.69. The number of hydrogen-bond donors (Lipinski definition) is 0. The Balaban J connectivity index is 1.32. The first-order chi connectivity index (χ1) is 18.4. The Labute approximate surface area is 219 Å². The van der Waals surface area contributed by atoms with E-state index in [2.05, 4.69) is 25.1 Å². The van der Waals surface area contributed by atoms with Crippen LogP contribution in [0.3, 0.4) is 0 Å². The van der Waals surface area contributed by atoms with Gasteiger partial charge < -0.3 is 9.64 Å². The molecule has 38 heavy (non-hydrogen) atoms. The number of alkyl halides is 1. The number of nitrogens with zero attached hydrogens (tertiary/aromatic N) is 9. The first-order valence-electron chi connectivity index (χ1n) is 12.5. The van der Waals surface area contributed by atoms with E-state index in [0.29, 0.717) is 29.9 Å². The van der Waals surface area contributed by atoms with Crippen molar-refractivity contribution in [3.05, 3.63) is 66.0 Å². The van der Waals surface area contributed by atoms with Crippen LogP contribution in [0.4, 0.5) is 10.2 Å². The average Bonchev–Trinajstić information content (AvgIpc) is 3.55. The summed E-state index contributed by atoms with van der Waals surface area (Å²) in [6, 6.07) is 9.76. The summed E-state index contributed by atoms with van der Waals surface area (Å²) in [5.41, 5.74) is 4.68.